The van der Waals surface area contributed by atoms with E-state index in [1.54, 1.807) is 20.8 Å². The maximum Gasteiger partial charge on any atom is 0.407 e. The molecule has 30 heavy (non-hydrogen) atoms. The average molecular weight is 422 g/mol. The van der Waals surface area contributed by atoms with Crippen LogP contribution in [-0.4, -0.2) is 54.7 Å². The molecule has 0 unspecified atom stereocenters. The molecule has 0 radical (unpaired) electrons. The van der Waals surface area contributed by atoms with E-state index in [4.69, 9.17) is 15.0 Å². The number of hydrogen-bond donors (Lipinski definition) is 2. The van der Waals surface area contributed by atoms with E-state index in [1.807, 2.05) is 30.3 Å². The first-order chi connectivity index (χ1) is 14.2. The maximum atomic E-state index is 12.3. The number of aliphatic hydroxyl groups excluding tert-OH is 1. The van der Waals surface area contributed by atoms with Crippen LogP contribution in [0.3, 0.4) is 0 Å². The van der Waals surface area contributed by atoms with Gasteiger partial charge in [0.05, 0.1) is 19.8 Å². The molecule has 10 nitrogen and oxygen atoms in total. The average Bonchev–Trinajstić information content (AvgIpc) is 2.69. The summed E-state index contributed by atoms with van der Waals surface area (Å²) in [5.74, 6) is -0.890. The highest BCUT2D eigenvalue weighted by Gasteiger charge is 2.36. The number of methoxy groups -OCH3 is 1. The second-order valence-electron chi connectivity index (χ2n) is 7.58. The Morgan fingerprint density at radius 2 is 1.93 bits per heavy atom. The molecule has 166 valence electrons. The van der Waals surface area contributed by atoms with Gasteiger partial charge < -0.3 is 24.6 Å². The summed E-state index contributed by atoms with van der Waals surface area (Å²) in [5.41, 5.74) is 8.55. The number of ether oxygens (including phenoxy) is 3. The highest BCUT2D eigenvalue weighted by molar-refractivity contribution is 5.75. The molecule has 1 aromatic carbocycles. The minimum Gasteiger partial charge on any atom is -0.467 e. The van der Waals surface area contributed by atoms with Gasteiger partial charge in [0.2, 0.25) is 0 Å². The third kappa shape index (κ3) is 9.60. The number of nitrogens with one attached hydrogen (secondary N) is 1. The molecule has 0 bridgehead atoms. The first-order valence-corrected chi connectivity index (χ1v) is 9.59. The molecule has 0 saturated carbocycles. The van der Waals surface area contributed by atoms with Gasteiger partial charge in [-0.15, -0.1) is 0 Å². The van der Waals surface area contributed by atoms with Gasteiger partial charge in [-0.3, -0.25) is 0 Å². The number of hydrogen-bond acceptors (Lipinski definition) is 7. The quantitative estimate of drug-likeness (QED) is 0.184. The number of amides is 1. The zero-order chi connectivity index (χ0) is 22.6. The number of carbonyl (C=O) groups is 2. The van der Waals surface area contributed by atoms with Crippen LogP contribution in [-0.2, 0) is 25.6 Å². The van der Waals surface area contributed by atoms with Crippen LogP contribution in [0.1, 0.15) is 39.2 Å². The lowest BCUT2D eigenvalue weighted by Gasteiger charge is -2.31. The fourth-order valence-corrected chi connectivity index (χ4v) is 2.65. The van der Waals surface area contributed by atoms with E-state index in [0.29, 0.717) is 6.42 Å². The highest BCUT2D eigenvalue weighted by atomic mass is 16.6. The topological polar surface area (TPSA) is 143 Å². The van der Waals surface area contributed by atoms with Gasteiger partial charge in [0.1, 0.15) is 11.7 Å². The van der Waals surface area contributed by atoms with Crippen molar-refractivity contribution < 1.29 is 28.9 Å². The van der Waals surface area contributed by atoms with E-state index in [2.05, 4.69) is 20.1 Å². The first kappa shape index (κ1) is 25.2. The van der Waals surface area contributed by atoms with Crippen LogP contribution in [0, 0.1) is 0 Å². The molecular weight excluding hydrogens is 392 g/mol. The van der Waals surface area contributed by atoms with E-state index >= 15 is 0 Å². The lowest BCUT2D eigenvalue weighted by Crippen LogP contribution is -2.53. The number of benzene rings is 1. The van der Waals surface area contributed by atoms with Gasteiger partial charge in [0.15, 0.2) is 6.10 Å². The lowest BCUT2D eigenvalue weighted by molar-refractivity contribution is -0.162. The van der Waals surface area contributed by atoms with Crippen molar-refractivity contribution in [2.45, 2.75) is 64.1 Å². The molecule has 2 N–H and O–H groups in total. The summed E-state index contributed by atoms with van der Waals surface area (Å²) in [7, 11) is 1.15. The molecule has 0 aliphatic rings. The van der Waals surface area contributed by atoms with Crippen molar-refractivity contribution in [1.82, 2.24) is 5.32 Å². The second kappa shape index (κ2) is 12.7. The minimum absolute atomic E-state index is 0.0996. The lowest BCUT2D eigenvalue weighted by atomic mass is 10.00. The number of aliphatic hydroxyl groups is 1. The van der Waals surface area contributed by atoms with Gasteiger partial charge in [-0.25, -0.2) is 9.59 Å². The molecular formula is C20H30N4O6. The van der Waals surface area contributed by atoms with Crippen molar-refractivity contribution in [3.05, 3.63) is 46.3 Å². The zero-order valence-corrected chi connectivity index (χ0v) is 17.8. The summed E-state index contributed by atoms with van der Waals surface area (Å²) in [6.07, 6.45) is -2.81. The van der Waals surface area contributed by atoms with Crippen molar-refractivity contribution in [2.75, 3.05) is 13.7 Å². The Hall–Kier alpha value is -2.81. The molecule has 0 heterocycles. The van der Waals surface area contributed by atoms with Crippen LogP contribution in [0.25, 0.3) is 10.4 Å². The van der Waals surface area contributed by atoms with Gasteiger partial charge in [0.25, 0.3) is 0 Å². The maximum absolute atomic E-state index is 12.3. The molecule has 0 aliphatic heterocycles. The fraction of sp³-hybridized carbons (Fsp3) is 0.600. The Labute approximate surface area is 176 Å². The van der Waals surface area contributed by atoms with Crippen molar-refractivity contribution in [2.24, 2.45) is 5.11 Å². The second-order valence-corrected chi connectivity index (χ2v) is 7.58. The number of nitrogens with zero attached hydrogens (tertiary/aromatic N) is 3. The summed E-state index contributed by atoms with van der Waals surface area (Å²) in [6.45, 7) is 5.44. The van der Waals surface area contributed by atoms with Gasteiger partial charge in [0, 0.05) is 11.5 Å². The molecule has 1 aromatic rings. The predicted octanol–water partition coefficient (Wildman–Crippen LogP) is 3.09. The molecule has 0 saturated heterocycles. The number of esters is 1. The number of rotatable bonds is 11. The summed E-state index contributed by atoms with van der Waals surface area (Å²) in [5, 5.41) is 16.6. The first-order valence-electron chi connectivity index (χ1n) is 9.59. The van der Waals surface area contributed by atoms with Gasteiger partial charge in [-0.2, -0.15) is 0 Å². The predicted molar refractivity (Wildman–Crippen MR) is 109 cm³/mol. The molecule has 0 aromatic heterocycles. The SMILES string of the molecule is COC(=O)[C@H](O)[C@H](OCc1ccccc1)[C@H](CCCN=[N+]=[N-])NC(=O)OC(C)(C)C. The molecule has 10 heteroatoms. The van der Waals surface area contributed by atoms with Crippen LogP contribution >= 0.6 is 0 Å². The van der Waals surface area contributed by atoms with Crippen LogP contribution in [0.4, 0.5) is 4.79 Å². The molecule has 1 amide bonds. The van der Waals surface area contributed by atoms with Crippen LogP contribution in [0.15, 0.2) is 35.4 Å². The summed E-state index contributed by atoms with van der Waals surface area (Å²) in [4.78, 5) is 27.0. The van der Waals surface area contributed by atoms with E-state index in [1.165, 1.54) is 0 Å². The van der Waals surface area contributed by atoms with Crippen molar-refractivity contribution in [3.63, 3.8) is 0 Å². The summed E-state index contributed by atoms with van der Waals surface area (Å²) in [6, 6.07) is 8.39. The van der Waals surface area contributed by atoms with Crippen molar-refractivity contribution in [1.29, 1.82) is 0 Å². The normalized spacial score (nSPS) is 14.0. The monoisotopic (exact) mass is 422 g/mol. The minimum atomic E-state index is -1.64. The molecule has 0 aliphatic carbocycles. The van der Waals surface area contributed by atoms with Gasteiger partial charge in [-0.1, -0.05) is 35.4 Å². The fourth-order valence-electron chi connectivity index (χ4n) is 2.65. The summed E-state index contributed by atoms with van der Waals surface area (Å²) >= 11 is 0. The third-order valence-electron chi connectivity index (χ3n) is 3.97. The van der Waals surface area contributed by atoms with E-state index < -0.39 is 35.9 Å². The zero-order valence-electron chi connectivity index (χ0n) is 17.8. The third-order valence-corrected chi connectivity index (χ3v) is 3.97. The Kier molecular flexibility index (Phi) is 10.7. The van der Waals surface area contributed by atoms with Crippen LogP contribution in [0.2, 0.25) is 0 Å². The van der Waals surface area contributed by atoms with E-state index in [-0.39, 0.29) is 19.6 Å². The Bertz CT molecular complexity index is 716. The van der Waals surface area contributed by atoms with Crippen molar-refractivity contribution >= 4 is 12.1 Å². The molecule has 0 fully saturated rings. The standard InChI is InChI=1S/C20H30N4O6/c1-20(2,3)30-19(27)23-15(11-8-12-22-24-21)17(16(25)18(26)28-4)29-13-14-9-6-5-7-10-14/h5-7,9-10,15-17,25H,8,11-13H2,1-4H3,(H,23,27)/t15-,16+,17+/m0/s1. The van der Waals surface area contributed by atoms with Crippen molar-refractivity contribution in [3.8, 4) is 0 Å². The van der Waals surface area contributed by atoms with Gasteiger partial charge >= 0.3 is 12.1 Å². The number of carbonyl (C=O) groups excluding carboxylic acids is 2. The van der Waals surface area contributed by atoms with Crippen LogP contribution in [0.5, 0.6) is 0 Å². The highest BCUT2D eigenvalue weighted by Crippen LogP contribution is 2.17. The molecule has 1 rings (SSSR count). The molecule has 3 atom stereocenters. The number of alkyl carbamates (subject to hydrolysis) is 1. The Balaban J connectivity index is 3.04. The summed E-state index contributed by atoms with van der Waals surface area (Å²) < 4.78 is 15.8. The Morgan fingerprint density at radius 1 is 1.27 bits per heavy atom. The van der Waals surface area contributed by atoms with Crippen LogP contribution < -0.4 is 5.32 Å². The van der Waals surface area contributed by atoms with E-state index in [9.17, 15) is 14.7 Å². The van der Waals surface area contributed by atoms with Gasteiger partial charge in [-0.05, 0) is 44.7 Å². The number of azide groups is 1. The Morgan fingerprint density at radius 3 is 2.50 bits per heavy atom. The largest absolute Gasteiger partial charge is 0.467 e. The van der Waals surface area contributed by atoms with E-state index in [0.717, 1.165) is 12.7 Å². The molecule has 0 spiro atoms. The smallest absolute Gasteiger partial charge is 0.407 e.